The standard InChI is InChI=1S/C10H5BrO2/c11-7-3-1-6(2-4-7)8-5-9(12)10(8)13/h1-5H. The van der Waals surface area contributed by atoms with Gasteiger partial charge in [0.1, 0.15) is 0 Å². The lowest BCUT2D eigenvalue weighted by molar-refractivity contribution is 1.41. The fourth-order valence-corrected chi connectivity index (χ4v) is 1.43. The summed E-state index contributed by atoms with van der Waals surface area (Å²) in [5.41, 5.74) is 0.519. The molecule has 2 nitrogen and oxygen atoms in total. The fourth-order valence-electron chi connectivity index (χ4n) is 1.16. The summed E-state index contributed by atoms with van der Waals surface area (Å²) < 4.78 is 0.954. The molecule has 0 aromatic heterocycles. The molecule has 0 radical (unpaired) electrons. The van der Waals surface area contributed by atoms with Crippen LogP contribution in [0.15, 0.2) is 44.4 Å². The first-order valence-corrected chi connectivity index (χ1v) is 4.54. The predicted octanol–water partition coefficient (Wildman–Crippen LogP) is 1.71. The van der Waals surface area contributed by atoms with E-state index in [1.54, 1.807) is 12.1 Å². The van der Waals surface area contributed by atoms with E-state index < -0.39 is 5.43 Å². The minimum Gasteiger partial charge on any atom is -0.286 e. The molecule has 0 aliphatic rings. The zero-order chi connectivity index (χ0) is 9.42. The largest absolute Gasteiger partial charge is 0.286 e. The molecule has 0 unspecified atom stereocenters. The number of hydrogen-bond acceptors (Lipinski definition) is 2. The second-order valence-electron chi connectivity index (χ2n) is 2.76. The maximum atomic E-state index is 11.0. The molecule has 2 rings (SSSR count). The van der Waals surface area contributed by atoms with Gasteiger partial charge in [0, 0.05) is 16.1 Å². The van der Waals surface area contributed by atoms with Crippen molar-refractivity contribution in [1.82, 2.24) is 0 Å². The number of rotatable bonds is 1. The Labute approximate surface area is 82.7 Å². The maximum absolute atomic E-state index is 11.0. The van der Waals surface area contributed by atoms with E-state index in [1.165, 1.54) is 6.07 Å². The van der Waals surface area contributed by atoms with Gasteiger partial charge in [-0.2, -0.15) is 0 Å². The molecule has 0 fully saturated rings. The third kappa shape index (κ3) is 1.35. The van der Waals surface area contributed by atoms with Gasteiger partial charge in [-0.25, -0.2) is 0 Å². The molecule has 13 heavy (non-hydrogen) atoms. The van der Waals surface area contributed by atoms with Crippen molar-refractivity contribution < 1.29 is 0 Å². The summed E-state index contributed by atoms with van der Waals surface area (Å²) in [5.74, 6) is 0. The van der Waals surface area contributed by atoms with Crippen molar-refractivity contribution in [3.63, 3.8) is 0 Å². The number of benzene rings is 1. The average molecular weight is 237 g/mol. The van der Waals surface area contributed by atoms with Gasteiger partial charge >= 0.3 is 0 Å². The molecule has 0 saturated carbocycles. The van der Waals surface area contributed by atoms with Crippen molar-refractivity contribution in [1.29, 1.82) is 0 Å². The van der Waals surface area contributed by atoms with Gasteiger partial charge in [0.05, 0.1) is 0 Å². The van der Waals surface area contributed by atoms with E-state index in [9.17, 15) is 9.59 Å². The van der Waals surface area contributed by atoms with Gasteiger partial charge in [0.25, 0.3) is 0 Å². The highest BCUT2D eigenvalue weighted by Gasteiger charge is 2.10. The molecule has 0 heterocycles. The van der Waals surface area contributed by atoms with E-state index in [1.807, 2.05) is 12.1 Å². The first-order chi connectivity index (χ1) is 6.18. The van der Waals surface area contributed by atoms with Gasteiger partial charge in [0.2, 0.25) is 10.9 Å². The first-order valence-electron chi connectivity index (χ1n) is 3.75. The van der Waals surface area contributed by atoms with E-state index in [0.717, 1.165) is 10.0 Å². The highest BCUT2D eigenvalue weighted by molar-refractivity contribution is 9.10. The van der Waals surface area contributed by atoms with Crippen molar-refractivity contribution in [3.8, 4) is 11.1 Å². The van der Waals surface area contributed by atoms with Gasteiger partial charge in [-0.3, -0.25) is 9.59 Å². The van der Waals surface area contributed by atoms with Gasteiger partial charge in [-0.15, -0.1) is 0 Å². The van der Waals surface area contributed by atoms with Crippen LogP contribution in [0.1, 0.15) is 0 Å². The molecule has 2 aromatic carbocycles. The maximum Gasteiger partial charge on any atom is 0.233 e. The fraction of sp³-hybridized carbons (Fsp3) is 0. The van der Waals surface area contributed by atoms with Crippen LogP contribution < -0.4 is 10.9 Å². The Balaban J connectivity index is 2.50. The van der Waals surface area contributed by atoms with Crippen LogP contribution in [-0.4, -0.2) is 0 Å². The van der Waals surface area contributed by atoms with Crippen LogP contribution in [0, 0.1) is 0 Å². The third-order valence-corrected chi connectivity index (χ3v) is 2.43. The Morgan fingerprint density at radius 1 is 1.00 bits per heavy atom. The third-order valence-electron chi connectivity index (χ3n) is 1.90. The Kier molecular flexibility index (Phi) is 1.88. The first kappa shape index (κ1) is 8.38. The zero-order valence-corrected chi connectivity index (χ0v) is 8.17. The molecular weight excluding hydrogens is 232 g/mol. The van der Waals surface area contributed by atoms with E-state index in [-0.39, 0.29) is 5.43 Å². The highest BCUT2D eigenvalue weighted by atomic mass is 79.9. The predicted molar refractivity (Wildman–Crippen MR) is 54.5 cm³/mol. The Hall–Kier alpha value is -1.22. The molecule has 0 spiro atoms. The van der Waals surface area contributed by atoms with Crippen molar-refractivity contribution in [2.45, 2.75) is 0 Å². The SMILES string of the molecule is O=c1cc(-c2ccc(Br)cc2)c1=O. The Bertz CT molecular complexity index is 504. The van der Waals surface area contributed by atoms with E-state index >= 15 is 0 Å². The van der Waals surface area contributed by atoms with Crippen LogP contribution in [0.4, 0.5) is 0 Å². The molecule has 0 aliphatic heterocycles. The summed E-state index contributed by atoms with van der Waals surface area (Å²) in [6.07, 6.45) is 0. The minimum absolute atomic E-state index is 0.387. The van der Waals surface area contributed by atoms with Crippen LogP contribution in [0.5, 0.6) is 0 Å². The van der Waals surface area contributed by atoms with Crippen LogP contribution in [0.25, 0.3) is 11.1 Å². The summed E-state index contributed by atoms with van der Waals surface area (Å²) in [6.45, 7) is 0. The summed E-state index contributed by atoms with van der Waals surface area (Å²) in [6, 6.07) is 8.66. The molecule has 64 valence electrons. The lowest BCUT2D eigenvalue weighted by Crippen LogP contribution is -2.30. The van der Waals surface area contributed by atoms with Gasteiger partial charge < -0.3 is 0 Å². The van der Waals surface area contributed by atoms with Crippen LogP contribution in [0.3, 0.4) is 0 Å². The molecular formula is C10H5BrO2. The summed E-state index contributed by atoms with van der Waals surface area (Å²) in [7, 11) is 0. The normalized spacial score (nSPS) is 10.5. The Morgan fingerprint density at radius 2 is 1.62 bits per heavy atom. The van der Waals surface area contributed by atoms with Crippen molar-refractivity contribution in [2.24, 2.45) is 0 Å². The molecule has 0 aliphatic carbocycles. The second kappa shape index (κ2) is 2.92. The number of halogens is 1. The molecule has 3 heteroatoms. The van der Waals surface area contributed by atoms with Gasteiger partial charge in [-0.1, -0.05) is 28.1 Å². The molecule has 0 amide bonds. The smallest absolute Gasteiger partial charge is 0.233 e. The van der Waals surface area contributed by atoms with E-state index in [2.05, 4.69) is 15.9 Å². The van der Waals surface area contributed by atoms with Crippen molar-refractivity contribution in [2.75, 3.05) is 0 Å². The lowest BCUT2D eigenvalue weighted by atomic mass is 10.0. The topological polar surface area (TPSA) is 34.1 Å². The quantitative estimate of drug-likeness (QED) is 0.707. The van der Waals surface area contributed by atoms with Crippen molar-refractivity contribution >= 4 is 15.9 Å². The second-order valence-corrected chi connectivity index (χ2v) is 3.67. The number of hydrogen-bond donors (Lipinski definition) is 0. The molecule has 0 bridgehead atoms. The van der Waals surface area contributed by atoms with Gasteiger partial charge in [0.15, 0.2) is 0 Å². The Morgan fingerprint density at radius 3 is 2.08 bits per heavy atom. The van der Waals surface area contributed by atoms with Crippen LogP contribution in [-0.2, 0) is 0 Å². The highest BCUT2D eigenvalue weighted by Crippen LogP contribution is 2.18. The monoisotopic (exact) mass is 236 g/mol. The molecule has 2 aromatic rings. The molecule has 0 atom stereocenters. The lowest BCUT2D eigenvalue weighted by Gasteiger charge is -2.00. The van der Waals surface area contributed by atoms with E-state index in [0.29, 0.717) is 5.56 Å². The van der Waals surface area contributed by atoms with Gasteiger partial charge in [-0.05, 0) is 17.7 Å². The average Bonchev–Trinajstić information content (AvgIpc) is 2.15. The molecule has 0 N–H and O–H groups in total. The molecule has 0 saturated heterocycles. The van der Waals surface area contributed by atoms with Crippen molar-refractivity contribution in [3.05, 3.63) is 55.3 Å². The zero-order valence-electron chi connectivity index (χ0n) is 6.58. The van der Waals surface area contributed by atoms with E-state index in [4.69, 9.17) is 0 Å². The van der Waals surface area contributed by atoms with Crippen LogP contribution >= 0.6 is 15.9 Å². The summed E-state index contributed by atoms with van der Waals surface area (Å²) in [5, 5.41) is 0. The summed E-state index contributed by atoms with van der Waals surface area (Å²) >= 11 is 3.29. The minimum atomic E-state index is -0.405. The van der Waals surface area contributed by atoms with Crippen LogP contribution in [0.2, 0.25) is 0 Å². The summed E-state index contributed by atoms with van der Waals surface area (Å²) in [4.78, 5) is 21.7.